The highest BCUT2D eigenvalue weighted by atomic mass is 19.1. The second-order valence-corrected chi connectivity index (χ2v) is 4.06. The number of aliphatic carboxylic acids is 1. The zero-order valence-corrected chi connectivity index (χ0v) is 8.90. The molecule has 86 valence electrons. The Morgan fingerprint density at radius 2 is 2.12 bits per heavy atom. The van der Waals surface area contributed by atoms with Gasteiger partial charge in [0.15, 0.2) is 0 Å². The molecule has 0 aromatic heterocycles. The van der Waals surface area contributed by atoms with E-state index in [0.717, 1.165) is 19.3 Å². The third-order valence-corrected chi connectivity index (χ3v) is 2.98. The molecule has 1 aromatic carbocycles. The second kappa shape index (κ2) is 4.51. The quantitative estimate of drug-likeness (QED) is 0.851. The molecule has 0 aliphatic heterocycles. The van der Waals surface area contributed by atoms with Crippen LogP contribution in [0, 0.1) is 5.82 Å². The van der Waals surface area contributed by atoms with Gasteiger partial charge >= 0.3 is 5.97 Å². The highest BCUT2D eigenvalue weighted by Crippen LogP contribution is 2.30. The van der Waals surface area contributed by atoms with Crippen molar-refractivity contribution in [2.45, 2.75) is 25.3 Å². The predicted octanol–water partition coefficient (Wildman–Crippen LogP) is 2.27. The molecule has 0 bridgehead atoms. The van der Waals surface area contributed by atoms with E-state index >= 15 is 0 Å². The third-order valence-electron chi connectivity index (χ3n) is 2.98. The lowest BCUT2D eigenvalue weighted by Crippen LogP contribution is -2.43. The van der Waals surface area contributed by atoms with Crippen molar-refractivity contribution >= 4 is 11.7 Å². The van der Waals surface area contributed by atoms with Crippen LogP contribution in [-0.2, 0) is 4.79 Å². The van der Waals surface area contributed by atoms with Gasteiger partial charge in [0.2, 0.25) is 0 Å². The molecule has 1 saturated carbocycles. The summed E-state index contributed by atoms with van der Waals surface area (Å²) in [5.74, 6) is -1.27. The maximum absolute atomic E-state index is 13.6. The number of halogens is 1. The highest BCUT2D eigenvalue weighted by Gasteiger charge is 2.28. The van der Waals surface area contributed by atoms with Gasteiger partial charge in [-0.05, 0) is 31.4 Å². The first-order valence-corrected chi connectivity index (χ1v) is 5.41. The molecule has 3 nitrogen and oxygen atoms in total. The Bertz CT molecular complexity index is 390. The van der Waals surface area contributed by atoms with E-state index in [9.17, 15) is 9.18 Å². The minimum Gasteiger partial charge on any atom is -0.480 e. The molecule has 1 aromatic rings. The molecule has 16 heavy (non-hydrogen) atoms. The van der Waals surface area contributed by atoms with E-state index in [1.165, 1.54) is 6.07 Å². The highest BCUT2D eigenvalue weighted by molar-refractivity contribution is 5.74. The third kappa shape index (κ3) is 2.15. The van der Waals surface area contributed by atoms with Gasteiger partial charge in [-0.15, -0.1) is 0 Å². The molecule has 0 atom stereocenters. The molecule has 0 spiro atoms. The Labute approximate surface area is 93.5 Å². The molecule has 0 unspecified atom stereocenters. The van der Waals surface area contributed by atoms with Crippen LogP contribution in [0.2, 0.25) is 0 Å². The SMILES string of the molecule is O=C(O)CN(c1ccccc1F)C1CCC1. The summed E-state index contributed by atoms with van der Waals surface area (Å²) in [5.41, 5.74) is 0.398. The van der Waals surface area contributed by atoms with Crippen LogP contribution >= 0.6 is 0 Å². The average molecular weight is 223 g/mol. The monoisotopic (exact) mass is 223 g/mol. The van der Waals surface area contributed by atoms with E-state index in [4.69, 9.17) is 5.11 Å². The lowest BCUT2D eigenvalue weighted by atomic mass is 9.91. The predicted molar refractivity (Wildman–Crippen MR) is 59.0 cm³/mol. The summed E-state index contributed by atoms with van der Waals surface area (Å²) in [6, 6.07) is 6.51. The molecule has 0 amide bonds. The Kier molecular flexibility index (Phi) is 3.08. The topological polar surface area (TPSA) is 40.5 Å². The molecule has 0 saturated heterocycles. The molecule has 4 heteroatoms. The summed E-state index contributed by atoms with van der Waals surface area (Å²) in [7, 11) is 0. The first-order valence-electron chi connectivity index (χ1n) is 5.41. The molecule has 1 aliphatic rings. The van der Waals surface area contributed by atoms with Crippen molar-refractivity contribution in [2.75, 3.05) is 11.4 Å². The maximum Gasteiger partial charge on any atom is 0.323 e. The first-order chi connectivity index (χ1) is 7.68. The minimum atomic E-state index is -0.921. The van der Waals surface area contributed by atoms with Crippen LogP contribution in [0.4, 0.5) is 10.1 Å². The van der Waals surface area contributed by atoms with Gasteiger partial charge in [-0.3, -0.25) is 4.79 Å². The van der Waals surface area contributed by atoms with Crippen molar-refractivity contribution in [3.63, 3.8) is 0 Å². The van der Waals surface area contributed by atoms with Gasteiger partial charge in [0, 0.05) is 6.04 Å². The van der Waals surface area contributed by atoms with E-state index in [1.807, 2.05) is 0 Å². The van der Waals surface area contributed by atoms with Gasteiger partial charge in [-0.1, -0.05) is 12.1 Å². The van der Waals surface area contributed by atoms with E-state index in [0.29, 0.717) is 5.69 Å². The number of hydrogen-bond acceptors (Lipinski definition) is 2. The second-order valence-electron chi connectivity index (χ2n) is 4.06. The van der Waals surface area contributed by atoms with Crippen LogP contribution in [0.25, 0.3) is 0 Å². The summed E-state index contributed by atoms with van der Waals surface area (Å²) >= 11 is 0. The fourth-order valence-electron chi connectivity index (χ4n) is 1.94. The van der Waals surface area contributed by atoms with Crippen LogP contribution in [0.5, 0.6) is 0 Å². The van der Waals surface area contributed by atoms with Crippen molar-refractivity contribution in [1.29, 1.82) is 0 Å². The zero-order valence-electron chi connectivity index (χ0n) is 8.90. The van der Waals surface area contributed by atoms with Gasteiger partial charge in [-0.2, -0.15) is 0 Å². The number of rotatable bonds is 4. The van der Waals surface area contributed by atoms with Crippen LogP contribution in [-0.4, -0.2) is 23.7 Å². The lowest BCUT2D eigenvalue weighted by Gasteiger charge is -2.38. The number of para-hydroxylation sites is 1. The summed E-state index contributed by atoms with van der Waals surface area (Å²) in [4.78, 5) is 12.4. The van der Waals surface area contributed by atoms with Crippen molar-refractivity contribution in [3.8, 4) is 0 Å². The van der Waals surface area contributed by atoms with Crippen LogP contribution in [0.3, 0.4) is 0 Å². The van der Waals surface area contributed by atoms with Gasteiger partial charge in [-0.25, -0.2) is 4.39 Å². The van der Waals surface area contributed by atoms with Gasteiger partial charge in [0.25, 0.3) is 0 Å². The van der Waals surface area contributed by atoms with Crippen molar-refractivity contribution in [1.82, 2.24) is 0 Å². The smallest absolute Gasteiger partial charge is 0.323 e. The summed E-state index contributed by atoms with van der Waals surface area (Å²) in [6.07, 6.45) is 2.98. The zero-order chi connectivity index (χ0) is 11.5. The number of anilines is 1. The Morgan fingerprint density at radius 1 is 1.44 bits per heavy atom. The largest absolute Gasteiger partial charge is 0.480 e. The maximum atomic E-state index is 13.6. The van der Waals surface area contributed by atoms with Crippen molar-refractivity contribution < 1.29 is 14.3 Å². The molecule has 1 fully saturated rings. The minimum absolute atomic E-state index is 0.133. The first kappa shape index (κ1) is 10.9. The molecule has 0 heterocycles. The number of benzene rings is 1. The molecule has 1 aliphatic carbocycles. The van der Waals surface area contributed by atoms with E-state index < -0.39 is 5.97 Å². The molecular weight excluding hydrogens is 209 g/mol. The molecule has 1 N–H and O–H groups in total. The van der Waals surface area contributed by atoms with Gasteiger partial charge in [0.05, 0.1) is 5.69 Å². The lowest BCUT2D eigenvalue weighted by molar-refractivity contribution is -0.135. The van der Waals surface area contributed by atoms with Gasteiger partial charge in [0.1, 0.15) is 12.4 Å². The number of hydrogen-bond donors (Lipinski definition) is 1. The Morgan fingerprint density at radius 3 is 2.62 bits per heavy atom. The molecule has 2 rings (SSSR count). The van der Waals surface area contributed by atoms with Gasteiger partial charge < -0.3 is 10.0 Å². The van der Waals surface area contributed by atoms with E-state index in [-0.39, 0.29) is 18.4 Å². The number of carboxylic acids is 1. The van der Waals surface area contributed by atoms with Crippen molar-refractivity contribution in [2.24, 2.45) is 0 Å². The summed E-state index contributed by atoms with van der Waals surface area (Å²) < 4.78 is 13.6. The van der Waals surface area contributed by atoms with E-state index in [2.05, 4.69) is 0 Å². The summed E-state index contributed by atoms with van der Waals surface area (Å²) in [6.45, 7) is -0.133. The standard InChI is InChI=1S/C12H14FNO2/c13-10-6-1-2-7-11(10)14(8-12(15)16)9-4-3-5-9/h1-2,6-7,9H,3-5,8H2,(H,15,16). The Balaban J connectivity index is 2.23. The van der Waals surface area contributed by atoms with E-state index in [1.54, 1.807) is 23.1 Å². The summed E-state index contributed by atoms with van der Waals surface area (Å²) in [5, 5.41) is 8.84. The number of carboxylic acid groups (broad SMARTS) is 1. The van der Waals surface area contributed by atoms with Crippen molar-refractivity contribution in [3.05, 3.63) is 30.1 Å². The molecular formula is C12H14FNO2. The van der Waals surface area contributed by atoms with Crippen LogP contribution < -0.4 is 4.90 Å². The average Bonchev–Trinajstić information content (AvgIpc) is 2.14. The fourth-order valence-corrected chi connectivity index (χ4v) is 1.94. The molecule has 0 radical (unpaired) electrons. The van der Waals surface area contributed by atoms with Crippen LogP contribution in [0.15, 0.2) is 24.3 Å². The number of carbonyl (C=O) groups is 1. The number of nitrogens with zero attached hydrogens (tertiary/aromatic N) is 1. The fraction of sp³-hybridized carbons (Fsp3) is 0.417. The normalized spacial score (nSPS) is 15.6. The van der Waals surface area contributed by atoms with Crippen LogP contribution in [0.1, 0.15) is 19.3 Å². The Hall–Kier alpha value is -1.58.